The van der Waals surface area contributed by atoms with Gasteiger partial charge in [-0.3, -0.25) is 0 Å². The van der Waals surface area contributed by atoms with Crippen molar-refractivity contribution in [2.75, 3.05) is 0 Å². The smallest absolute Gasteiger partial charge is 0.0445 e. The van der Waals surface area contributed by atoms with Gasteiger partial charge in [0.1, 0.15) is 0 Å². The van der Waals surface area contributed by atoms with E-state index in [9.17, 15) is 0 Å². The minimum absolute atomic E-state index is 0.906. The molecule has 0 aromatic carbocycles. The van der Waals surface area contributed by atoms with Crippen molar-refractivity contribution in [3.05, 3.63) is 0 Å². The lowest BCUT2D eigenvalue weighted by atomic mass is 10.6. The van der Waals surface area contributed by atoms with Crippen LogP contribution in [0.1, 0.15) is 53.4 Å². The second-order valence-electron chi connectivity index (χ2n) is 6.12. The fourth-order valence-corrected chi connectivity index (χ4v) is 21.2. The van der Waals surface area contributed by atoms with Gasteiger partial charge in [-0.15, -0.1) is 0 Å². The van der Waals surface area contributed by atoms with Gasteiger partial charge in [0.2, 0.25) is 0 Å². The van der Waals surface area contributed by atoms with Gasteiger partial charge in [-0.2, -0.15) is 0 Å². The van der Waals surface area contributed by atoms with E-state index in [1.165, 1.54) is 25.7 Å². The highest BCUT2D eigenvalue weighted by Gasteiger charge is 2.44. The molecular weight excluding hydrogens is 224 g/mol. The van der Waals surface area contributed by atoms with Gasteiger partial charge in [0.15, 0.2) is 0 Å². The Morgan fingerprint density at radius 3 is 0.812 bits per heavy atom. The minimum Gasteiger partial charge on any atom is -0.0711 e. The Labute approximate surface area is 106 Å². The Morgan fingerprint density at radius 1 is 0.500 bits per heavy atom. The molecule has 0 bridgehead atoms. The fraction of sp³-hybridized carbons (Fsp3) is 1.00. The summed E-state index contributed by atoms with van der Waals surface area (Å²) in [5.74, 6) is 0. The number of hydrogen-bond acceptors (Lipinski definition) is 0. The Balaban J connectivity index is 4.90. The minimum atomic E-state index is -0.906. The summed E-state index contributed by atoms with van der Waals surface area (Å²) in [5, 5.41) is 0. The standard InChI is InChI=1S/C14H34Si2/c1-7-11-15(5,12-8-2)16(6,13-9-3)14-10-4/h7-14H2,1-6H3. The first-order valence-electron chi connectivity index (χ1n) is 7.49. The molecule has 0 rings (SSSR count). The van der Waals surface area contributed by atoms with Gasteiger partial charge in [-0.05, 0) is 0 Å². The monoisotopic (exact) mass is 258 g/mol. The average Bonchev–Trinajstić information content (AvgIpc) is 2.19. The molecular formula is C14H34Si2. The van der Waals surface area contributed by atoms with Gasteiger partial charge in [-0.1, -0.05) is 90.6 Å². The largest absolute Gasteiger partial charge is 0.0711 e. The molecule has 0 aliphatic rings. The lowest BCUT2D eigenvalue weighted by Crippen LogP contribution is -2.58. The molecule has 2 heteroatoms. The molecule has 0 aromatic rings. The third-order valence-corrected chi connectivity index (χ3v) is 25.7. The number of rotatable bonds is 9. The maximum absolute atomic E-state index is 2.75. The highest BCUT2D eigenvalue weighted by molar-refractivity contribution is 7.41. The van der Waals surface area contributed by atoms with Gasteiger partial charge in [0.05, 0.1) is 0 Å². The third-order valence-electron chi connectivity index (χ3n) is 4.66. The van der Waals surface area contributed by atoms with E-state index in [2.05, 4.69) is 40.8 Å². The van der Waals surface area contributed by atoms with Crippen molar-refractivity contribution in [1.82, 2.24) is 0 Å². The lowest BCUT2D eigenvalue weighted by Gasteiger charge is -2.44. The van der Waals surface area contributed by atoms with Crippen LogP contribution in [-0.2, 0) is 0 Å². The SMILES string of the molecule is CCC[Si](C)(CCC)[Si](C)(CCC)CCC. The molecule has 0 N–H and O–H groups in total. The van der Waals surface area contributed by atoms with Crippen LogP contribution in [0.3, 0.4) is 0 Å². The summed E-state index contributed by atoms with van der Waals surface area (Å²) >= 11 is 0. The second-order valence-corrected chi connectivity index (χ2v) is 21.6. The second kappa shape index (κ2) is 7.70. The van der Waals surface area contributed by atoms with E-state index in [1.54, 1.807) is 24.2 Å². The molecule has 0 radical (unpaired) electrons. The van der Waals surface area contributed by atoms with Crippen molar-refractivity contribution in [3.8, 4) is 0 Å². The molecule has 0 aliphatic heterocycles. The summed E-state index contributed by atoms with van der Waals surface area (Å²) < 4.78 is 0. The van der Waals surface area contributed by atoms with Crippen LogP contribution in [0.4, 0.5) is 0 Å². The van der Waals surface area contributed by atoms with E-state index < -0.39 is 15.2 Å². The molecule has 98 valence electrons. The molecule has 0 amide bonds. The molecule has 0 aliphatic carbocycles. The summed E-state index contributed by atoms with van der Waals surface area (Å²) in [6, 6.07) is 6.40. The van der Waals surface area contributed by atoms with Crippen LogP contribution >= 0.6 is 0 Å². The molecule has 0 heterocycles. The molecule has 0 fully saturated rings. The summed E-state index contributed by atoms with van der Waals surface area (Å²) in [6.45, 7) is 15.1. The summed E-state index contributed by atoms with van der Waals surface area (Å²) in [5.41, 5.74) is 0. The van der Waals surface area contributed by atoms with E-state index in [-0.39, 0.29) is 0 Å². The van der Waals surface area contributed by atoms with E-state index in [0.717, 1.165) is 0 Å². The van der Waals surface area contributed by atoms with Crippen molar-refractivity contribution in [1.29, 1.82) is 0 Å². The highest BCUT2D eigenvalue weighted by Crippen LogP contribution is 2.37. The van der Waals surface area contributed by atoms with Crippen LogP contribution in [0.5, 0.6) is 0 Å². The topological polar surface area (TPSA) is 0 Å². The van der Waals surface area contributed by atoms with Crippen molar-refractivity contribution in [3.63, 3.8) is 0 Å². The highest BCUT2D eigenvalue weighted by atomic mass is 29.3. The molecule has 0 atom stereocenters. The predicted octanol–water partition coefficient (Wildman–Crippen LogP) is 5.86. The van der Waals surface area contributed by atoms with E-state index in [4.69, 9.17) is 0 Å². The van der Waals surface area contributed by atoms with Crippen LogP contribution < -0.4 is 0 Å². The van der Waals surface area contributed by atoms with Gasteiger partial charge >= 0.3 is 0 Å². The van der Waals surface area contributed by atoms with Crippen LogP contribution in [0, 0.1) is 0 Å². The van der Waals surface area contributed by atoms with Gasteiger partial charge in [0, 0.05) is 15.2 Å². The van der Waals surface area contributed by atoms with Crippen molar-refractivity contribution < 1.29 is 0 Å². The van der Waals surface area contributed by atoms with Gasteiger partial charge in [-0.25, -0.2) is 0 Å². The average molecular weight is 259 g/mol. The van der Waals surface area contributed by atoms with Crippen molar-refractivity contribution in [2.24, 2.45) is 0 Å². The first-order chi connectivity index (χ1) is 7.49. The molecule has 0 saturated heterocycles. The molecule has 16 heavy (non-hydrogen) atoms. The van der Waals surface area contributed by atoms with Crippen LogP contribution in [0.25, 0.3) is 0 Å². The van der Waals surface area contributed by atoms with E-state index in [0.29, 0.717) is 0 Å². The maximum atomic E-state index is 2.75. The predicted molar refractivity (Wildman–Crippen MR) is 83.6 cm³/mol. The normalized spacial score (nSPS) is 13.1. The molecule has 0 saturated carbocycles. The Kier molecular flexibility index (Phi) is 7.91. The molecule has 0 unspecified atom stereocenters. The first-order valence-corrected chi connectivity index (χ1v) is 14.3. The third kappa shape index (κ3) is 4.03. The number of hydrogen-bond donors (Lipinski definition) is 0. The quantitative estimate of drug-likeness (QED) is 0.454. The molecule has 0 aromatic heterocycles. The van der Waals surface area contributed by atoms with Gasteiger partial charge < -0.3 is 0 Å². The zero-order valence-corrected chi connectivity index (χ0v) is 14.7. The summed E-state index contributed by atoms with van der Waals surface area (Å²) in [7, 11) is -1.81. The summed E-state index contributed by atoms with van der Waals surface area (Å²) in [4.78, 5) is 0. The van der Waals surface area contributed by atoms with E-state index >= 15 is 0 Å². The lowest BCUT2D eigenvalue weighted by molar-refractivity contribution is 0.959. The fourth-order valence-electron chi connectivity index (χ4n) is 3.66. The van der Waals surface area contributed by atoms with Crippen LogP contribution in [0.2, 0.25) is 37.3 Å². The van der Waals surface area contributed by atoms with Crippen molar-refractivity contribution in [2.45, 2.75) is 90.6 Å². The van der Waals surface area contributed by atoms with Crippen molar-refractivity contribution >= 4 is 15.2 Å². The first kappa shape index (κ1) is 16.4. The Hall–Kier alpha value is 0.434. The zero-order chi connectivity index (χ0) is 12.7. The summed E-state index contributed by atoms with van der Waals surface area (Å²) in [6.07, 6.45) is 5.72. The van der Waals surface area contributed by atoms with Gasteiger partial charge in [0.25, 0.3) is 0 Å². The van der Waals surface area contributed by atoms with Crippen LogP contribution in [0.15, 0.2) is 0 Å². The zero-order valence-electron chi connectivity index (χ0n) is 12.7. The molecule has 0 nitrogen and oxygen atoms in total. The van der Waals surface area contributed by atoms with Crippen LogP contribution in [-0.4, -0.2) is 15.2 Å². The Morgan fingerprint density at radius 2 is 0.688 bits per heavy atom. The Bertz CT molecular complexity index is 146. The molecule has 0 spiro atoms. The maximum Gasteiger partial charge on any atom is 0.0445 e. The van der Waals surface area contributed by atoms with E-state index in [1.807, 2.05) is 0 Å².